The molecule has 1 heterocycles. The van der Waals surface area contributed by atoms with E-state index in [0.29, 0.717) is 16.5 Å². The van der Waals surface area contributed by atoms with Gasteiger partial charge in [0.2, 0.25) is 0 Å². The van der Waals surface area contributed by atoms with Gasteiger partial charge in [0.05, 0.1) is 17.0 Å². The highest BCUT2D eigenvalue weighted by Crippen LogP contribution is 2.51. The minimum atomic E-state index is -0.313. The van der Waals surface area contributed by atoms with E-state index in [-0.39, 0.29) is 5.97 Å². The van der Waals surface area contributed by atoms with Crippen LogP contribution < -0.4 is 5.73 Å². The smallest absolute Gasteiger partial charge is 0.350 e. The van der Waals surface area contributed by atoms with Crippen LogP contribution in [0.4, 0.5) is 5.69 Å². The quantitative estimate of drug-likeness (QED) is 0.665. The van der Waals surface area contributed by atoms with Crippen molar-refractivity contribution in [1.29, 1.82) is 0 Å². The third-order valence-corrected chi connectivity index (χ3v) is 4.95. The summed E-state index contributed by atoms with van der Waals surface area (Å²) in [7, 11) is 1.39. The molecule has 0 bridgehead atoms. The number of carbonyl (C=O) groups excluding carboxylic acids is 1. The van der Waals surface area contributed by atoms with Gasteiger partial charge < -0.3 is 10.5 Å². The summed E-state index contributed by atoms with van der Waals surface area (Å²) in [5.74, 6) is 1.26. The van der Waals surface area contributed by atoms with Gasteiger partial charge in [-0.1, -0.05) is 6.92 Å². The lowest BCUT2D eigenvalue weighted by Crippen LogP contribution is -2.02. The largest absolute Gasteiger partial charge is 0.465 e. The number of rotatable bonds is 4. The molecular weight excluding hydrogens is 242 g/mol. The second-order valence-corrected chi connectivity index (χ2v) is 6.30. The van der Waals surface area contributed by atoms with Crippen LogP contribution in [0.1, 0.15) is 40.9 Å². The number of carbonyl (C=O) groups is 1. The van der Waals surface area contributed by atoms with E-state index in [9.17, 15) is 4.79 Å². The van der Waals surface area contributed by atoms with Crippen molar-refractivity contribution in [2.45, 2.75) is 29.9 Å². The van der Waals surface area contributed by atoms with Crippen molar-refractivity contribution in [1.82, 2.24) is 0 Å². The third kappa shape index (κ3) is 2.06. The molecule has 1 aliphatic carbocycles. The Hall–Kier alpha value is -0.680. The molecule has 1 fully saturated rings. The first-order chi connectivity index (χ1) is 7.69. The molecule has 1 aromatic heterocycles. The van der Waals surface area contributed by atoms with Gasteiger partial charge in [-0.05, 0) is 24.5 Å². The Morgan fingerprint density at radius 3 is 2.81 bits per heavy atom. The van der Waals surface area contributed by atoms with Crippen LogP contribution in [0.15, 0.2) is 4.21 Å². The van der Waals surface area contributed by atoms with Crippen LogP contribution in [-0.2, 0) is 4.74 Å². The number of nitrogens with two attached hydrogens (primary N) is 1. The van der Waals surface area contributed by atoms with Gasteiger partial charge in [-0.2, -0.15) is 0 Å². The highest BCUT2D eigenvalue weighted by atomic mass is 32.2. The molecule has 0 saturated heterocycles. The van der Waals surface area contributed by atoms with E-state index in [1.54, 1.807) is 11.8 Å². The monoisotopic (exact) mass is 257 g/mol. The molecule has 0 aliphatic heterocycles. The summed E-state index contributed by atoms with van der Waals surface area (Å²) in [5, 5.41) is 0. The minimum Gasteiger partial charge on any atom is -0.465 e. The molecule has 3 nitrogen and oxygen atoms in total. The van der Waals surface area contributed by atoms with E-state index in [0.717, 1.165) is 5.75 Å². The molecule has 1 aromatic rings. The Labute approximate surface area is 103 Å². The molecule has 2 N–H and O–H groups in total. The molecule has 0 atom stereocenters. The second kappa shape index (κ2) is 4.67. The van der Waals surface area contributed by atoms with E-state index in [1.807, 2.05) is 0 Å². The molecule has 0 radical (unpaired) electrons. The summed E-state index contributed by atoms with van der Waals surface area (Å²) in [6, 6.07) is 0. The number of ether oxygens (including phenoxy) is 1. The lowest BCUT2D eigenvalue weighted by molar-refractivity contribution is 0.0607. The number of nitrogen functional groups attached to an aromatic ring is 1. The number of methoxy groups -OCH3 is 1. The van der Waals surface area contributed by atoms with E-state index >= 15 is 0 Å². The predicted octanol–water partition coefficient (Wildman–Crippen LogP) is 3.11. The SMILES string of the molecule is CCSc1sc(C(=O)OC)c(N)c1C1CC1. The van der Waals surface area contributed by atoms with E-state index in [1.165, 1.54) is 41.1 Å². The normalized spacial score (nSPS) is 15.1. The topological polar surface area (TPSA) is 52.3 Å². The number of thioether (sulfide) groups is 1. The highest BCUT2D eigenvalue weighted by Gasteiger charge is 2.32. The average Bonchev–Trinajstić information content (AvgIpc) is 3.04. The lowest BCUT2D eigenvalue weighted by Gasteiger charge is -2.01. The summed E-state index contributed by atoms with van der Waals surface area (Å²) in [5.41, 5.74) is 7.89. The van der Waals surface area contributed by atoms with Gasteiger partial charge in [0.1, 0.15) is 4.88 Å². The van der Waals surface area contributed by atoms with Crippen LogP contribution in [0.5, 0.6) is 0 Å². The Morgan fingerprint density at radius 2 is 2.31 bits per heavy atom. The fraction of sp³-hybridized carbons (Fsp3) is 0.545. The zero-order chi connectivity index (χ0) is 11.7. The van der Waals surface area contributed by atoms with Gasteiger partial charge in [-0.15, -0.1) is 23.1 Å². The molecule has 2 rings (SSSR count). The summed E-state index contributed by atoms with van der Waals surface area (Å²) in [4.78, 5) is 12.1. The van der Waals surface area contributed by atoms with Gasteiger partial charge in [-0.25, -0.2) is 4.79 Å². The molecule has 1 saturated carbocycles. The number of hydrogen-bond acceptors (Lipinski definition) is 5. The third-order valence-electron chi connectivity index (χ3n) is 2.58. The number of anilines is 1. The molecule has 88 valence electrons. The van der Waals surface area contributed by atoms with Crippen molar-refractivity contribution in [2.24, 2.45) is 0 Å². The van der Waals surface area contributed by atoms with Gasteiger partial charge in [-0.3, -0.25) is 0 Å². The standard InChI is InChI=1S/C11H15NO2S2/c1-3-15-11-7(6-4-5-6)8(12)9(16-11)10(13)14-2/h6H,3-5,12H2,1-2H3. The van der Waals surface area contributed by atoms with Crippen molar-refractivity contribution in [3.63, 3.8) is 0 Å². The van der Waals surface area contributed by atoms with Gasteiger partial charge >= 0.3 is 5.97 Å². The van der Waals surface area contributed by atoms with Crippen molar-refractivity contribution in [3.05, 3.63) is 10.4 Å². The molecule has 0 amide bonds. The number of esters is 1. The summed E-state index contributed by atoms with van der Waals surface area (Å²) in [6.07, 6.45) is 2.39. The average molecular weight is 257 g/mol. The van der Waals surface area contributed by atoms with E-state index in [4.69, 9.17) is 10.5 Å². The van der Waals surface area contributed by atoms with Crippen molar-refractivity contribution in [2.75, 3.05) is 18.6 Å². The molecule has 0 spiro atoms. The Kier molecular flexibility index (Phi) is 3.44. The van der Waals surface area contributed by atoms with Crippen LogP contribution in [0.2, 0.25) is 0 Å². The molecular formula is C11H15NO2S2. The number of thiophene rings is 1. The molecule has 0 unspecified atom stereocenters. The first-order valence-corrected chi connectivity index (χ1v) is 7.12. The molecule has 5 heteroatoms. The zero-order valence-corrected chi connectivity index (χ0v) is 11.0. The molecule has 16 heavy (non-hydrogen) atoms. The number of hydrogen-bond donors (Lipinski definition) is 1. The zero-order valence-electron chi connectivity index (χ0n) is 9.41. The second-order valence-electron chi connectivity index (χ2n) is 3.74. The highest BCUT2D eigenvalue weighted by molar-refractivity contribution is 8.01. The lowest BCUT2D eigenvalue weighted by atomic mass is 10.2. The fourth-order valence-electron chi connectivity index (χ4n) is 1.68. The molecule has 1 aliphatic rings. The first kappa shape index (κ1) is 11.8. The Balaban J connectivity index is 2.40. The van der Waals surface area contributed by atoms with Gasteiger partial charge in [0, 0.05) is 5.56 Å². The van der Waals surface area contributed by atoms with Crippen LogP contribution in [0.25, 0.3) is 0 Å². The summed E-state index contributed by atoms with van der Waals surface area (Å²) in [6.45, 7) is 2.11. The van der Waals surface area contributed by atoms with Crippen molar-refractivity contribution >= 4 is 34.8 Å². The van der Waals surface area contributed by atoms with Gasteiger partial charge in [0.15, 0.2) is 0 Å². The van der Waals surface area contributed by atoms with Crippen LogP contribution in [0.3, 0.4) is 0 Å². The van der Waals surface area contributed by atoms with E-state index < -0.39 is 0 Å². The summed E-state index contributed by atoms with van der Waals surface area (Å²) >= 11 is 3.24. The maximum atomic E-state index is 11.5. The van der Waals surface area contributed by atoms with Crippen molar-refractivity contribution in [3.8, 4) is 0 Å². The van der Waals surface area contributed by atoms with Crippen LogP contribution in [0, 0.1) is 0 Å². The summed E-state index contributed by atoms with van der Waals surface area (Å²) < 4.78 is 5.94. The fourth-order valence-corrected chi connectivity index (χ4v) is 4.17. The van der Waals surface area contributed by atoms with Gasteiger partial charge in [0.25, 0.3) is 0 Å². The predicted molar refractivity (Wildman–Crippen MR) is 68.4 cm³/mol. The van der Waals surface area contributed by atoms with E-state index in [2.05, 4.69) is 6.92 Å². The maximum Gasteiger partial charge on any atom is 0.350 e. The Bertz CT molecular complexity index is 410. The Morgan fingerprint density at radius 1 is 1.62 bits per heavy atom. The maximum absolute atomic E-state index is 11.5. The first-order valence-electron chi connectivity index (χ1n) is 5.32. The van der Waals surface area contributed by atoms with Crippen LogP contribution in [-0.4, -0.2) is 18.8 Å². The minimum absolute atomic E-state index is 0.313. The van der Waals surface area contributed by atoms with Crippen molar-refractivity contribution < 1.29 is 9.53 Å². The molecule has 0 aromatic carbocycles. The van der Waals surface area contributed by atoms with Crippen LogP contribution >= 0.6 is 23.1 Å².